The Hall–Kier alpha value is -4.66. The number of para-hydroxylation sites is 2. The molecule has 0 aliphatic rings. The predicted molar refractivity (Wildman–Crippen MR) is 168 cm³/mol. The maximum atomic E-state index is 14.1. The summed E-state index contributed by atoms with van der Waals surface area (Å²) in [7, 11) is 0. The van der Waals surface area contributed by atoms with E-state index in [1.165, 1.54) is 23.1 Å². The molecule has 1 N–H and O–H groups in total. The number of anilines is 1. The van der Waals surface area contributed by atoms with Crippen LogP contribution in [0.1, 0.15) is 4.88 Å². The fraction of sp³-hybridized carbons (Fsp3) is 0.0606. The lowest BCUT2D eigenvalue weighted by Crippen LogP contribution is -2.22. The van der Waals surface area contributed by atoms with Gasteiger partial charge in [-0.25, -0.2) is 4.98 Å². The molecule has 6 rings (SSSR count). The Kier molecular flexibility index (Phi) is 7.67. The molecule has 202 valence electrons. The van der Waals surface area contributed by atoms with Crippen molar-refractivity contribution < 1.29 is 9.53 Å². The van der Waals surface area contributed by atoms with Crippen LogP contribution in [0.3, 0.4) is 0 Å². The number of ether oxygens (including phenoxy) is 1. The molecule has 0 aliphatic carbocycles. The van der Waals surface area contributed by atoms with E-state index in [9.17, 15) is 9.59 Å². The first kappa shape index (κ1) is 26.6. The van der Waals surface area contributed by atoms with Gasteiger partial charge in [0.1, 0.15) is 16.3 Å². The molecule has 4 aromatic carbocycles. The molecule has 0 spiro atoms. The second-order valence-corrected chi connectivity index (χ2v) is 11.4. The second-order valence-electron chi connectivity index (χ2n) is 9.23. The van der Waals surface area contributed by atoms with Gasteiger partial charge in [0.15, 0.2) is 5.16 Å². The molecule has 6 nitrogen and oxygen atoms in total. The van der Waals surface area contributed by atoms with E-state index in [0.717, 1.165) is 21.8 Å². The van der Waals surface area contributed by atoms with Crippen molar-refractivity contribution in [3.63, 3.8) is 0 Å². The number of thiophene rings is 1. The number of hydrogen-bond donors (Lipinski definition) is 1. The first-order valence-electron chi connectivity index (χ1n) is 13.0. The Morgan fingerprint density at radius 2 is 1.46 bits per heavy atom. The normalized spacial score (nSPS) is 11.0. The minimum Gasteiger partial charge on any atom is -0.457 e. The molecule has 0 bridgehead atoms. The van der Waals surface area contributed by atoms with Crippen molar-refractivity contribution in [2.24, 2.45) is 0 Å². The van der Waals surface area contributed by atoms with Gasteiger partial charge in [-0.2, -0.15) is 0 Å². The Balaban J connectivity index is 1.26. The zero-order valence-corrected chi connectivity index (χ0v) is 23.7. The van der Waals surface area contributed by atoms with E-state index >= 15 is 0 Å². The lowest BCUT2D eigenvalue weighted by Gasteiger charge is -2.13. The molecule has 0 aliphatic heterocycles. The van der Waals surface area contributed by atoms with Crippen molar-refractivity contribution in [2.45, 2.75) is 12.1 Å². The van der Waals surface area contributed by atoms with Gasteiger partial charge in [-0.05, 0) is 61.0 Å². The highest BCUT2D eigenvalue weighted by Gasteiger charge is 2.21. The fourth-order valence-corrected chi connectivity index (χ4v) is 6.45. The molecule has 8 heteroatoms. The number of amides is 1. The Morgan fingerprint density at radius 1 is 0.854 bits per heavy atom. The molecule has 0 saturated carbocycles. The number of aryl methyl sites for hydroxylation is 1. The molecular formula is C33H25N3O3S2. The third-order valence-corrected chi connectivity index (χ3v) is 8.33. The number of nitrogens with one attached hydrogen (secondary N) is 1. The monoisotopic (exact) mass is 575 g/mol. The van der Waals surface area contributed by atoms with Crippen LogP contribution in [0.15, 0.2) is 125 Å². The van der Waals surface area contributed by atoms with Crippen molar-refractivity contribution in [2.75, 3.05) is 11.1 Å². The third-order valence-electron chi connectivity index (χ3n) is 6.40. The molecular weight excluding hydrogens is 551 g/mol. The summed E-state index contributed by atoms with van der Waals surface area (Å²) in [6.45, 7) is 2.01. The van der Waals surface area contributed by atoms with Gasteiger partial charge in [0.05, 0.1) is 16.8 Å². The van der Waals surface area contributed by atoms with Crippen LogP contribution in [-0.4, -0.2) is 21.2 Å². The average molecular weight is 576 g/mol. The number of aromatic nitrogens is 2. The van der Waals surface area contributed by atoms with Gasteiger partial charge in [0.25, 0.3) is 5.56 Å². The number of carbonyl (C=O) groups is 1. The molecule has 2 aromatic heterocycles. The van der Waals surface area contributed by atoms with Crippen LogP contribution in [0.25, 0.3) is 27.0 Å². The van der Waals surface area contributed by atoms with E-state index in [1.807, 2.05) is 110 Å². The molecule has 0 saturated heterocycles. The van der Waals surface area contributed by atoms with E-state index in [2.05, 4.69) is 5.32 Å². The van der Waals surface area contributed by atoms with Gasteiger partial charge >= 0.3 is 0 Å². The summed E-state index contributed by atoms with van der Waals surface area (Å²) in [6.07, 6.45) is 0. The van der Waals surface area contributed by atoms with E-state index in [4.69, 9.17) is 9.72 Å². The summed E-state index contributed by atoms with van der Waals surface area (Å²) in [6, 6.07) is 36.1. The maximum absolute atomic E-state index is 14.1. The number of rotatable bonds is 8. The van der Waals surface area contributed by atoms with Crippen LogP contribution in [-0.2, 0) is 4.79 Å². The fourth-order valence-electron chi connectivity index (χ4n) is 4.55. The van der Waals surface area contributed by atoms with Gasteiger partial charge in [-0.3, -0.25) is 14.2 Å². The number of carbonyl (C=O) groups excluding carboxylic acids is 1. The van der Waals surface area contributed by atoms with Crippen molar-refractivity contribution in [1.29, 1.82) is 0 Å². The van der Waals surface area contributed by atoms with Gasteiger partial charge in [-0.1, -0.05) is 78.5 Å². The third kappa shape index (κ3) is 5.79. The molecule has 6 aromatic rings. The highest BCUT2D eigenvalue weighted by Crippen LogP contribution is 2.37. The van der Waals surface area contributed by atoms with E-state index in [1.54, 1.807) is 16.7 Å². The molecule has 41 heavy (non-hydrogen) atoms. The van der Waals surface area contributed by atoms with Crippen LogP contribution in [0.4, 0.5) is 5.69 Å². The van der Waals surface area contributed by atoms with Gasteiger partial charge in [0.2, 0.25) is 5.91 Å². The molecule has 0 unspecified atom stereocenters. The molecule has 0 radical (unpaired) electrons. The smallest absolute Gasteiger partial charge is 0.268 e. The SMILES string of the molecule is Cc1sc2nc(SCC(=O)Nc3ccc(Oc4ccccc4)cc3)n(-c3ccccc3)c(=O)c2c1-c1ccccc1. The van der Waals surface area contributed by atoms with Crippen LogP contribution in [0, 0.1) is 6.92 Å². The van der Waals surface area contributed by atoms with E-state index in [0.29, 0.717) is 32.5 Å². The predicted octanol–water partition coefficient (Wildman–Crippen LogP) is 7.95. The topological polar surface area (TPSA) is 73.2 Å². The van der Waals surface area contributed by atoms with E-state index in [-0.39, 0.29) is 17.2 Å². The Bertz CT molecular complexity index is 1870. The summed E-state index contributed by atoms with van der Waals surface area (Å²) in [5.74, 6) is 1.30. The van der Waals surface area contributed by atoms with Crippen molar-refractivity contribution >= 4 is 44.9 Å². The van der Waals surface area contributed by atoms with Crippen molar-refractivity contribution in [3.05, 3.63) is 130 Å². The van der Waals surface area contributed by atoms with Gasteiger partial charge < -0.3 is 10.1 Å². The molecule has 0 atom stereocenters. The maximum Gasteiger partial charge on any atom is 0.268 e. The zero-order chi connectivity index (χ0) is 28.2. The standard InChI is InChI=1S/C33H25N3O3S2/c1-22-29(23-11-5-2-6-12-23)30-31(41-22)35-33(36(32(30)38)25-13-7-3-8-14-25)40-21-28(37)34-24-17-19-27(20-18-24)39-26-15-9-4-10-16-26/h2-20H,21H2,1H3,(H,34,37). The summed E-state index contributed by atoms with van der Waals surface area (Å²) in [5.41, 5.74) is 3.09. The summed E-state index contributed by atoms with van der Waals surface area (Å²) in [4.78, 5) is 33.6. The van der Waals surface area contributed by atoms with E-state index < -0.39 is 0 Å². The Morgan fingerprint density at radius 3 is 2.15 bits per heavy atom. The highest BCUT2D eigenvalue weighted by atomic mass is 32.2. The summed E-state index contributed by atoms with van der Waals surface area (Å²) < 4.78 is 7.43. The summed E-state index contributed by atoms with van der Waals surface area (Å²) in [5, 5.41) is 3.98. The summed E-state index contributed by atoms with van der Waals surface area (Å²) >= 11 is 2.73. The highest BCUT2D eigenvalue weighted by molar-refractivity contribution is 7.99. The van der Waals surface area contributed by atoms with Crippen molar-refractivity contribution in [3.8, 4) is 28.3 Å². The number of fused-ring (bicyclic) bond motifs is 1. The van der Waals surface area contributed by atoms with Crippen LogP contribution < -0.4 is 15.6 Å². The lowest BCUT2D eigenvalue weighted by molar-refractivity contribution is -0.113. The number of nitrogens with zero attached hydrogens (tertiary/aromatic N) is 2. The van der Waals surface area contributed by atoms with Crippen LogP contribution >= 0.6 is 23.1 Å². The molecule has 2 heterocycles. The number of benzene rings is 4. The van der Waals surface area contributed by atoms with Crippen LogP contribution in [0.5, 0.6) is 11.5 Å². The number of thioether (sulfide) groups is 1. The molecule has 1 amide bonds. The first-order chi connectivity index (χ1) is 20.1. The van der Waals surface area contributed by atoms with Gasteiger partial charge in [-0.15, -0.1) is 11.3 Å². The quantitative estimate of drug-likeness (QED) is 0.147. The largest absolute Gasteiger partial charge is 0.457 e. The van der Waals surface area contributed by atoms with Crippen LogP contribution in [0.2, 0.25) is 0 Å². The number of hydrogen-bond acceptors (Lipinski definition) is 6. The first-order valence-corrected chi connectivity index (χ1v) is 14.8. The Labute approximate surface area is 245 Å². The lowest BCUT2D eigenvalue weighted by atomic mass is 10.0. The second kappa shape index (κ2) is 11.8. The average Bonchev–Trinajstić information content (AvgIpc) is 3.34. The minimum atomic E-state index is -0.201. The molecule has 0 fully saturated rings. The minimum absolute atomic E-state index is 0.0863. The zero-order valence-electron chi connectivity index (χ0n) is 22.1. The van der Waals surface area contributed by atoms with Gasteiger partial charge in [0, 0.05) is 16.1 Å². The van der Waals surface area contributed by atoms with Crippen molar-refractivity contribution in [1.82, 2.24) is 9.55 Å².